The zero-order valence-corrected chi connectivity index (χ0v) is 16.5. The van der Waals surface area contributed by atoms with E-state index in [1.807, 2.05) is 0 Å². The van der Waals surface area contributed by atoms with Gasteiger partial charge in [0.15, 0.2) is 0 Å². The highest BCUT2D eigenvalue weighted by Crippen LogP contribution is 2.40. The minimum absolute atomic E-state index is 0.129. The average molecular weight is 451 g/mol. The molecule has 1 aliphatic heterocycles. The Balaban J connectivity index is 1.94. The summed E-state index contributed by atoms with van der Waals surface area (Å²) in [5, 5.41) is 12.9. The smallest absolute Gasteiger partial charge is 0.408 e. The molecule has 29 heavy (non-hydrogen) atoms. The Hall–Kier alpha value is -2.58. The molecule has 0 radical (unpaired) electrons. The minimum Gasteiger partial charge on any atom is -0.445 e. The molecule has 1 heterocycles. The molecule has 0 spiro atoms. The van der Waals surface area contributed by atoms with E-state index in [1.54, 1.807) is 0 Å². The Kier molecular flexibility index (Phi) is 6.92. The standard InChI is InChI=1S/C13H18N5O9PS/c14-28(23,16-29(24,25)26)17-7-1-2-11(12(17)19)15-13(20)27-8-9-3-5-10(6-4-9)18(21)22/h3-6,11H,1-2,7-8H2,(H,15,20)(H3,14,16,23)(H,24,25,26)/t11-,28+/m0/s1. The third-order valence-corrected chi connectivity index (χ3v) is 6.91. The molecule has 0 aromatic heterocycles. The second-order valence-corrected chi connectivity index (χ2v) is 9.40. The summed E-state index contributed by atoms with van der Waals surface area (Å²) in [5.41, 5.74) is 5.68. The van der Waals surface area contributed by atoms with Gasteiger partial charge in [-0.3, -0.25) is 34.2 Å². The van der Waals surface area contributed by atoms with Gasteiger partial charge < -0.3 is 10.1 Å². The summed E-state index contributed by atoms with van der Waals surface area (Å²) in [5.74, 6) is -0.912. The van der Waals surface area contributed by atoms with Crippen molar-refractivity contribution in [2.24, 2.45) is 5.50 Å². The number of nitrogens with zero attached hydrogens (tertiary/aromatic N) is 2. The molecule has 0 aliphatic carbocycles. The molecule has 0 unspecified atom stereocenters. The van der Waals surface area contributed by atoms with Crippen molar-refractivity contribution in [1.82, 2.24) is 14.5 Å². The Morgan fingerprint density at radius 3 is 2.59 bits per heavy atom. The first-order chi connectivity index (χ1) is 13.4. The van der Waals surface area contributed by atoms with Crippen LogP contribution in [0.15, 0.2) is 24.3 Å². The summed E-state index contributed by atoms with van der Waals surface area (Å²) in [6.07, 6.45) is -0.584. The van der Waals surface area contributed by atoms with Crippen LogP contribution >= 0.6 is 7.59 Å². The van der Waals surface area contributed by atoms with E-state index in [9.17, 15) is 32.7 Å². The lowest BCUT2D eigenvalue weighted by molar-refractivity contribution is -0.384. The SMILES string of the molecule is N[P@@](=O)(NS(=O)(=O)O)N1CCC[C@H](NC(=O)OCc2ccc([N+](=O)[O-])cc2)C1=O. The molecule has 0 bridgehead atoms. The van der Waals surface area contributed by atoms with Crippen molar-refractivity contribution in [1.29, 1.82) is 0 Å². The van der Waals surface area contributed by atoms with E-state index < -0.39 is 40.9 Å². The molecule has 1 aromatic rings. The maximum absolute atomic E-state index is 12.4. The van der Waals surface area contributed by atoms with Crippen molar-refractivity contribution in [3.05, 3.63) is 39.9 Å². The van der Waals surface area contributed by atoms with Gasteiger partial charge in [0.1, 0.15) is 12.6 Å². The number of carbonyl (C=O) groups is 2. The van der Waals surface area contributed by atoms with Crippen molar-refractivity contribution in [2.75, 3.05) is 6.54 Å². The Morgan fingerprint density at radius 2 is 2.03 bits per heavy atom. The lowest BCUT2D eigenvalue weighted by Gasteiger charge is -2.35. The molecule has 2 atom stereocenters. The summed E-state index contributed by atoms with van der Waals surface area (Å²) in [4.78, 5) is 34.3. The quantitative estimate of drug-likeness (QED) is 0.192. The normalized spacial score (nSPS) is 19.3. The third-order valence-electron chi connectivity index (χ3n) is 3.83. The number of benzene rings is 1. The van der Waals surface area contributed by atoms with Crippen LogP contribution in [0.25, 0.3) is 0 Å². The Labute approximate surface area is 164 Å². The summed E-state index contributed by atoms with van der Waals surface area (Å²) >= 11 is 0. The van der Waals surface area contributed by atoms with Gasteiger partial charge in [-0.1, -0.05) is 0 Å². The lowest BCUT2D eigenvalue weighted by Crippen LogP contribution is -2.53. The highest BCUT2D eigenvalue weighted by atomic mass is 32.2. The van der Waals surface area contributed by atoms with Gasteiger partial charge >= 0.3 is 24.0 Å². The van der Waals surface area contributed by atoms with Crippen LogP contribution in [0.5, 0.6) is 0 Å². The largest absolute Gasteiger partial charge is 0.445 e. The number of hydrogen-bond acceptors (Lipinski definition) is 8. The van der Waals surface area contributed by atoms with Crippen LogP contribution in [0.2, 0.25) is 0 Å². The topological polar surface area (TPSA) is 211 Å². The summed E-state index contributed by atoms with van der Waals surface area (Å²) in [6.45, 7) is -0.376. The fourth-order valence-electron chi connectivity index (χ4n) is 2.55. The lowest BCUT2D eigenvalue weighted by atomic mass is 10.1. The molecule has 1 aromatic carbocycles. The second-order valence-electron chi connectivity index (χ2n) is 5.99. The number of nitro benzene ring substituents is 1. The van der Waals surface area contributed by atoms with E-state index >= 15 is 0 Å². The van der Waals surface area contributed by atoms with Crippen LogP contribution in [-0.4, -0.2) is 47.2 Å². The fourth-order valence-corrected chi connectivity index (χ4v) is 5.14. The molecule has 1 aliphatic rings. The van der Waals surface area contributed by atoms with Gasteiger partial charge in [-0.05, 0) is 30.5 Å². The first-order valence-corrected chi connectivity index (χ1v) is 11.2. The fraction of sp³-hybridized carbons (Fsp3) is 0.385. The number of amides is 2. The number of piperidine rings is 1. The van der Waals surface area contributed by atoms with Gasteiger partial charge in [-0.2, -0.15) is 8.42 Å². The minimum atomic E-state index is -4.93. The molecule has 2 amide bonds. The highest BCUT2D eigenvalue weighted by molar-refractivity contribution is 7.90. The van der Waals surface area contributed by atoms with Crippen molar-refractivity contribution in [3.63, 3.8) is 0 Å². The van der Waals surface area contributed by atoms with Crippen LogP contribution in [0, 0.1) is 10.1 Å². The van der Waals surface area contributed by atoms with E-state index in [4.69, 9.17) is 14.8 Å². The van der Waals surface area contributed by atoms with Gasteiger partial charge in [-0.25, -0.2) is 4.79 Å². The van der Waals surface area contributed by atoms with Gasteiger partial charge in [-0.15, -0.1) is 4.49 Å². The number of rotatable bonds is 7. The van der Waals surface area contributed by atoms with Gasteiger partial charge in [0, 0.05) is 18.7 Å². The van der Waals surface area contributed by atoms with Crippen molar-refractivity contribution < 1.29 is 36.8 Å². The number of hydrogen-bond donors (Lipinski definition) is 4. The van der Waals surface area contributed by atoms with E-state index in [1.165, 1.54) is 28.8 Å². The van der Waals surface area contributed by atoms with Crippen LogP contribution in [0.1, 0.15) is 18.4 Å². The second kappa shape index (κ2) is 8.84. The maximum Gasteiger partial charge on any atom is 0.408 e. The number of non-ortho nitro benzene ring substituents is 1. The van der Waals surface area contributed by atoms with Gasteiger partial charge in [0.2, 0.25) is 0 Å². The predicted octanol–water partition coefficient (Wildman–Crippen LogP) is 0.271. The zero-order chi connectivity index (χ0) is 21.8. The molecule has 160 valence electrons. The zero-order valence-electron chi connectivity index (χ0n) is 14.8. The number of nitro groups is 1. The maximum atomic E-state index is 12.4. The monoisotopic (exact) mass is 451 g/mol. The molecule has 14 nitrogen and oxygen atoms in total. The molecule has 0 saturated carbocycles. The molecule has 1 saturated heterocycles. The summed E-state index contributed by atoms with van der Waals surface area (Å²) < 4.78 is 49.5. The number of ether oxygens (including phenoxy) is 1. The van der Waals surface area contributed by atoms with E-state index in [-0.39, 0.29) is 31.7 Å². The highest BCUT2D eigenvalue weighted by Gasteiger charge is 2.40. The van der Waals surface area contributed by atoms with E-state index in [0.717, 1.165) is 0 Å². The van der Waals surface area contributed by atoms with Crippen LogP contribution in [0.3, 0.4) is 0 Å². The summed E-state index contributed by atoms with van der Waals surface area (Å²) in [6, 6.07) is 4.09. The Morgan fingerprint density at radius 1 is 1.41 bits per heavy atom. The molecule has 16 heteroatoms. The van der Waals surface area contributed by atoms with Crippen molar-refractivity contribution in [2.45, 2.75) is 25.5 Å². The molecule has 5 N–H and O–H groups in total. The molecular weight excluding hydrogens is 433 g/mol. The third kappa shape index (κ3) is 6.47. The van der Waals surface area contributed by atoms with Crippen LogP contribution in [0.4, 0.5) is 10.5 Å². The average Bonchev–Trinajstić information content (AvgIpc) is 2.60. The molecule has 2 rings (SSSR count). The van der Waals surface area contributed by atoms with Gasteiger partial charge in [0.25, 0.3) is 11.6 Å². The van der Waals surface area contributed by atoms with Crippen LogP contribution in [-0.2, 0) is 31.0 Å². The van der Waals surface area contributed by atoms with Crippen LogP contribution < -0.4 is 15.3 Å². The van der Waals surface area contributed by atoms with Crippen molar-refractivity contribution in [3.8, 4) is 0 Å². The van der Waals surface area contributed by atoms with Gasteiger partial charge in [0.05, 0.1) is 4.92 Å². The first kappa shape index (κ1) is 22.7. The number of nitrogens with two attached hydrogens (primary N) is 1. The molecule has 1 fully saturated rings. The first-order valence-electron chi connectivity index (χ1n) is 8.02. The van der Waals surface area contributed by atoms with E-state index in [2.05, 4.69) is 5.32 Å². The predicted molar refractivity (Wildman–Crippen MR) is 97.6 cm³/mol. The summed E-state index contributed by atoms with van der Waals surface area (Å²) in [7, 11) is -9.38. The number of nitrogens with one attached hydrogen (secondary N) is 2. The number of alkyl carbamates (subject to hydrolysis) is 1. The Bertz CT molecular complexity index is 952. The van der Waals surface area contributed by atoms with Crippen molar-refractivity contribution >= 4 is 35.6 Å². The number of carbonyl (C=O) groups excluding carboxylic acids is 2. The van der Waals surface area contributed by atoms with E-state index in [0.29, 0.717) is 10.2 Å². The molecular formula is C13H18N5O9PS.